The van der Waals surface area contributed by atoms with Crippen molar-refractivity contribution in [3.63, 3.8) is 0 Å². The average molecular weight is 718 g/mol. The van der Waals surface area contributed by atoms with Crippen molar-refractivity contribution < 1.29 is 18.9 Å². The predicted octanol–water partition coefficient (Wildman–Crippen LogP) is 8.21. The Bertz CT molecular complexity index is 1740. The van der Waals surface area contributed by atoms with Gasteiger partial charge in [0.2, 0.25) is 6.79 Å². The van der Waals surface area contributed by atoms with Gasteiger partial charge in [0.05, 0.1) is 23.7 Å². The molecule has 0 N–H and O–H groups in total. The van der Waals surface area contributed by atoms with Gasteiger partial charge in [-0.1, -0.05) is 52.9 Å². The van der Waals surface area contributed by atoms with E-state index in [1.165, 1.54) is 11.1 Å². The van der Waals surface area contributed by atoms with Gasteiger partial charge in [0.1, 0.15) is 17.5 Å². The molecule has 11 heteroatoms. The van der Waals surface area contributed by atoms with Crippen LogP contribution in [0.1, 0.15) is 61.9 Å². The first-order valence-corrected chi connectivity index (χ1v) is 15.8. The standard InChI is InChI=1S/C31H28Br2ClN3O5/c1-2-39-26-13-20(27(33)28(34)29(26)40-16-18-8-11-24-25(12-18)42-17-41-24)15-35-37-30(19-6-4-3-5-7-19)36-23-10-9-21(32)14-22(23)31(37)38/h8-15,19H,2-7,16-17H2,1H3. The highest BCUT2D eigenvalue weighted by Crippen LogP contribution is 2.43. The van der Waals surface area contributed by atoms with Crippen LogP contribution in [0.4, 0.5) is 0 Å². The molecule has 0 radical (unpaired) electrons. The minimum atomic E-state index is -0.214. The van der Waals surface area contributed by atoms with Crippen molar-refractivity contribution in [2.75, 3.05) is 13.4 Å². The lowest BCUT2D eigenvalue weighted by molar-refractivity contribution is 0.174. The molecule has 6 rings (SSSR count). The summed E-state index contributed by atoms with van der Waals surface area (Å²) in [7, 11) is 0. The lowest BCUT2D eigenvalue weighted by Gasteiger charge is -2.23. The molecule has 42 heavy (non-hydrogen) atoms. The van der Waals surface area contributed by atoms with Crippen molar-refractivity contribution >= 4 is 60.6 Å². The van der Waals surface area contributed by atoms with E-state index in [-0.39, 0.29) is 24.9 Å². The smallest absolute Gasteiger partial charge is 0.282 e. The molecule has 0 unspecified atom stereocenters. The average Bonchev–Trinajstić information content (AvgIpc) is 3.47. The highest BCUT2D eigenvalue weighted by atomic mass is 79.9. The molecule has 1 aromatic heterocycles. The first-order chi connectivity index (χ1) is 20.4. The largest absolute Gasteiger partial charge is 0.490 e. The van der Waals surface area contributed by atoms with Crippen LogP contribution in [0.3, 0.4) is 0 Å². The fraction of sp³-hybridized carbons (Fsp3) is 0.323. The normalized spacial score (nSPS) is 15.0. The SMILES string of the molecule is CCOc1cc(C=Nn2c(C3CCCCC3)nc3ccc(Br)cc3c2=O)c(Br)c(Cl)c1OCc1ccc2c(c1)OCO2. The monoisotopic (exact) mass is 715 g/mol. The molecule has 1 aliphatic heterocycles. The van der Waals surface area contributed by atoms with E-state index < -0.39 is 0 Å². The van der Waals surface area contributed by atoms with E-state index in [0.29, 0.717) is 61.4 Å². The number of nitrogens with zero attached hydrogens (tertiary/aromatic N) is 3. The fourth-order valence-corrected chi connectivity index (χ4v) is 6.32. The summed E-state index contributed by atoms with van der Waals surface area (Å²) in [6.45, 7) is 2.75. The topological polar surface area (TPSA) is 84.2 Å². The van der Waals surface area contributed by atoms with Crippen molar-refractivity contribution in [3.05, 3.63) is 83.7 Å². The van der Waals surface area contributed by atoms with Gasteiger partial charge in [0.25, 0.3) is 5.56 Å². The van der Waals surface area contributed by atoms with E-state index in [4.69, 9.17) is 35.5 Å². The Hall–Kier alpha value is -3.08. The van der Waals surface area contributed by atoms with Crippen LogP contribution in [0.5, 0.6) is 23.0 Å². The summed E-state index contributed by atoms with van der Waals surface area (Å²) in [5.41, 5.74) is 1.98. The molecule has 1 saturated carbocycles. The fourth-order valence-electron chi connectivity index (χ4n) is 5.30. The van der Waals surface area contributed by atoms with Gasteiger partial charge in [-0.3, -0.25) is 4.79 Å². The molecule has 1 aliphatic carbocycles. The molecule has 8 nitrogen and oxygen atoms in total. The van der Waals surface area contributed by atoms with E-state index in [1.807, 2.05) is 37.3 Å². The van der Waals surface area contributed by atoms with Crippen molar-refractivity contribution in [1.82, 2.24) is 9.66 Å². The maximum Gasteiger partial charge on any atom is 0.282 e. The predicted molar refractivity (Wildman–Crippen MR) is 170 cm³/mol. The van der Waals surface area contributed by atoms with Crippen molar-refractivity contribution in [2.45, 2.75) is 51.6 Å². The summed E-state index contributed by atoms with van der Waals surface area (Å²) in [4.78, 5) is 18.6. The molecule has 0 spiro atoms. The zero-order chi connectivity index (χ0) is 29.2. The Balaban J connectivity index is 1.36. The Morgan fingerprint density at radius 1 is 1.07 bits per heavy atom. The number of hydrogen-bond donors (Lipinski definition) is 0. The van der Waals surface area contributed by atoms with Gasteiger partial charge in [-0.25, -0.2) is 4.98 Å². The second-order valence-corrected chi connectivity index (χ2v) is 12.2. The lowest BCUT2D eigenvalue weighted by atomic mass is 9.88. The van der Waals surface area contributed by atoms with E-state index in [9.17, 15) is 4.79 Å². The van der Waals surface area contributed by atoms with Crippen LogP contribution >= 0.6 is 43.5 Å². The summed E-state index contributed by atoms with van der Waals surface area (Å²) in [5.74, 6) is 3.10. The highest BCUT2D eigenvalue weighted by molar-refractivity contribution is 9.10. The van der Waals surface area contributed by atoms with Crippen molar-refractivity contribution in [1.29, 1.82) is 0 Å². The van der Waals surface area contributed by atoms with Gasteiger partial charge in [-0.15, -0.1) is 0 Å². The molecule has 4 aromatic rings. The molecular weight excluding hydrogens is 690 g/mol. The minimum absolute atomic E-state index is 0.162. The van der Waals surface area contributed by atoms with Crippen molar-refractivity contribution in [3.8, 4) is 23.0 Å². The third kappa shape index (κ3) is 5.89. The van der Waals surface area contributed by atoms with Crippen LogP contribution in [0.15, 0.2) is 61.3 Å². The number of hydrogen-bond acceptors (Lipinski definition) is 7. The van der Waals surface area contributed by atoms with Gasteiger partial charge in [-0.2, -0.15) is 9.78 Å². The Morgan fingerprint density at radius 3 is 2.69 bits per heavy atom. The van der Waals surface area contributed by atoms with Gasteiger partial charge in [-0.05, 0) is 77.7 Å². The molecule has 3 aromatic carbocycles. The summed E-state index contributed by atoms with van der Waals surface area (Å²) in [5, 5.41) is 5.52. The van der Waals surface area contributed by atoms with Crippen LogP contribution in [-0.2, 0) is 6.61 Å². The third-order valence-electron chi connectivity index (χ3n) is 7.39. The zero-order valence-corrected chi connectivity index (χ0v) is 26.8. The Kier molecular flexibility index (Phi) is 8.74. The lowest BCUT2D eigenvalue weighted by Crippen LogP contribution is -2.25. The molecule has 218 valence electrons. The summed E-state index contributed by atoms with van der Waals surface area (Å²) < 4.78 is 25.8. The number of aromatic nitrogens is 2. The minimum Gasteiger partial charge on any atom is -0.490 e. The maximum absolute atomic E-state index is 13.7. The Morgan fingerprint density at radius 2 is 1.88 bits per heavy atom. The molecule has 2 heterocycles. The molecule has 2 aliphatic rings. The number of rotatable bonds is 8. The van der Waals surface area contributed by atoms with Crippen LogP contribution in [0.2, 0.25) is 5.02 Å². The molecule has 0 bridgehead atoms. The third-order valence-corrected chi connectivity index (χ3v) is 9.33. The summed E-state index contributed by atoms with van der Waals surface area (Å²) in [6.07, 6.45) is 6.97. The number of halogens is 3. The number of fused-ring (bicyclic) bond motifs is 2. The second-order valence-electron chi connectivity index (χ2n) is 10.2. The number of benzene rings is 3. The van der Waals surface area contributed by atoms with Crippen LogP contribution < -0.4 is 24.5 Å². The molecular formula is C31H28Br2ClN3O5. The summed E-state index contributed by atoms with van der Waals surface area (Å²) >= 11 is 13.9. The van der Waals surface area contributed by atoms with Crippen LogP contribution in [0, 0.1) is 0 Å². The first-order valence-electron chi connectivity index (χ1n) is 13.9. The van der Waals surface area contributed by atoms with Gasteiger partial charge in [0, 0.05) is 20.4 Å². The molecule has 0 atom stereocenters. The quantitative estimate of drug-likeness (QED) is 0.171. The maximum atomic E-state index is 13.7. The zero-order valence-electron chi connectivity index (χ0n) is 22.9. The van der Waals surface area contributed by atoms with E-state index in [2.05, 4.69) is 37.0 Å². The molecule has 0 saturated heterocycles. The van der Waals surface area contributed by atoms with E-state index >= 15 is 0 Å². The number of ether oxygens (including phenoxy) is 4. The Labute approximate surface area is 264 Å². The van der Waals surface area contributed by atoms with Gasteiger partial charge < -0.3 is 18.9 Å². The summed E-state index contributed by atoms with van der Waals surface area (Å²) in [6, 6.07) is 13.0. The van der Waals surface area contributed by atoms with E-state index in [0.717, 1.165) is 35.7 Å². The first kappa shape index (κ1) is 29.0. The van der Waals surface area contributed by atoms with Crippen LogP contribution in [-0.4, -0.2) is 29.3 Å². The van der Waals surface area contributed by atoms with Gasteiger partial charge in [0.15, 0.2) is 23.0 Å². The van der Waals surface area contributed by atoms with E-state index in [1.54, 1.807) is 18.3 Å². The molecule has 1 fully saturated rings. The molecule has 0 amide bonds. The second kappa shape index (κ2) is 12.7. The van der Waals surface area contributed by atoms with Crippen LogP contribution in [0.25, 0.3) is 10.9 Å². The van der Waals surface area contributed by atoms with Crippen molar-refractivity contribution in [2.24, 2.45) is 5.10 Å². The highest BCUT2D eigenvalue weighted by Gasteiger charge is 2.23. The van der Waals surface area contributed by atoms with Gasteiger partial charge >= 0.3 is 0 Å².